The molecule has 0 aliphatic carbocycles. The lowest BCUT2D eigenvalue weighted by Gasteiger charge is -2.02. The van der Waals surface area contributed by atoms with E-state index in [1.165, 1.54) is 0 Å². The predicted octanol–water partition coefficient (Wildman–Crippen LogP) is 0.756. The van der Waals surface area contributed by atoms with E-state index in [1.807, 2.05) is 30.3 Å². The number of nitriles is 1. The maximum atomic E-state index is 8.75. The van der Waals surface area contributed by atoms with Crippen LogP contribution in [0.1, 0.15) is 5.69 Å². The summed E-state index contributed by atoms with van der Waals surface area (Å²) in [5, 5.41) is 26.7. The van der Waals surface area contributed by atoms with Crippen LogP contribution in [0.15, 0.2) is 28.9 Å². The highest BCUT2D eigenvalue weighted by Gasteiger charge is 2.09. The summed E-state index contributed by atoms with van der Waals surface area (Å²) in [5.74, 6) is 0.289. The van der Waals surface area contributed by atoms with Crippen LogP contribution in [0.2, 0.25) is 0 Å². The minimum Gasteiger partial charge on any atom is -0.345 e. The second kappa shape index (κ2) is 4.14. The Hall–Kier alpha value is -2.95. The first-order valence-corrected chi connectivity index (χ1v) is 5.13. The molecule has 1 N–H and O–H groups in total. The Kier molecular flexibility index (Phi) is 2.35. The lowest BCUT2D eigenvalue weighted by atomic mass is 10.3. The number of anilines is 1. The molecule has 0 unspecified atom stereocenters. The topological polar surface area (TPSA) is 105 Å². The minimum absolute atomic E-state index is 0.111. The molecule has 0 spiro atoms. The number of para-hydroxylation sites is 1. The number of nitrogens with one attached hydrogen (secondary N) is 1. The van der Waals surface area contributed by atoms with Gasteiger partial charge in [0.2, 0.25) is 11.5 Å². The van der Waals surface area contributed by atoms with Crippen LogP contribution in [0.4, 0.5) is 5.82 Å². The van der Waals surface area contributed by atoms with Crippen molar-refractivity contribution in [2.24, 2.45) is 0 Å². The molecule has 8 heteroatoms. The molecule has 88 valence electrons. The molecule has 3 rings (SSSR count). The number of fused-ring (bicyclic) bond motifs is 1. The van der Waals surface area contributed by atoms with E-state index in [4.69, 9.17) is 5.26 Å². The summed E-state index contributed by atoms with van der Waals surface area (Å²) < 4.78 is 6.12. The summed E-state index contributed by atoms with van der Waals surface area (Å²) in [6.45, 7) is 0.323. The van der Waals surface area contributed by atoms with Crippen molar-refractivity contribution in [3.63, 3.8) is 0 Å². The molecule has 0 fully saturated rings. The predicted molar refractivity (Wildman–Crippen MR) is 60.2 cm³/mol. The molecule has 0 atom stereocenters. The molecule has 0 amide bonds. The van der Waals surface area contributed by atoms with Crippen molar-refractivity contribution in [1.29, 1.82) is 5.26 Å². The number of aromatic nitrogens is 5. The van der Waals surface area contributed by atoms with Gasteiger partial charge in [-0.2, -0.15) is 5.26 Å². The lowest BCUT2D eigenvalue weighted by Crippen LogP contribution is -2.10. The first-order valence-electron chi connectivity index (χ1n) is 5.13. The molecule has 0 aliphatic heterocycles. The van der Waals surface area contributed by atoms with E-state index in [0.29, 0.717) is 6.67 Å². The number of nitrogens with zero attached hydrogens (tertiary/aromatic N) is 6. The van der Waals surface area contributed by atoms with Crippen LogP contribution in [-0.4, -0.2) is 25.3 Å². The maximum absolute atomic E-state index is 8.75. The summed E-state index contributed by atoms with van der Waals surface area (Å²) in [6.07, 6.45) is 0. The van der Waals surface area contributed by atoms with Crippen LogP contribution in [0, 0.1) is 11.3 Å². The van der Waals surface area contributed by atoms with Crippen molar-refractivity contribution < 1.29 is 4.63 Å². The largest absolute Gasteiger partial charge is 0.345 e. The van der Waals surface area contributed by atoms with Gasteiger partial charge in [0.1, 0.15) is 18.3 Å². The highest BCUT2D eigenvalue weighted by Crippen LogP contribution is 2.11. The van der Waals surface area contributed by atoms with Gasteiger partial charge in [0.15, 0.2) is 0 Å². The highest BCUT2D eigenvalue weighted by atomic mass is 16.6. The Bertz CT molecular complexity index is 723. The molecule has 0 radical (unpaired) electrons. The zero-order chi connectivity index (χ0) is 12.4. The smallest absolute Gasteiger partial charge is 0.228 e. The van der Waals surface area contributed by atoms with Crippen LogP contribution in [0.25, 0.3) is 11.0 Å². The van der Waals surface area contributed by atoms with Crippen LogP contribution in [-0.2, 0) is 6.67 Å². The van der Waals surface area contributed by atoms with Gasteiger partial charge in [0.05, 0.1) is 5.52 Å². The van der Waals surface area contributed by atoms with E-state index in [1.54, 1.807) is 4.68 Å². The molecule has 0 saturated carbocycles. The molecule has 0 bridgehead atoms. The molecule has 2 aromatic heterocycles. The van der Waals surface area contributed by atoms with Gasteiger partial charge >= 0.3 is 0 Å². The Balaban J connectivity index is 1.84. The van der Waals surface area contributed by atoms with Gasteiger partial charge in [-0.05, 0) is 22.4 Å². The highest BCUT2D eigenvalue weighted by molar-refractivity contribution is 5.73. The van der Waals surface area contributed by atoms with Crippen molar-refractivity contribution in [1.82, 2.24) is 25.3 Å². The summed E-state index contributed by atoms with van der Waals surface area (Å²) in [7, 11) is 0. The van der Waals surface area contributed by atoms with Crippen LogP contribution in [0.5, 0.6) is 0 Å². The number of hydrogen-bond donors (Lipinski definition) is 1. The zero-order valence-electron chi connectivity index (χ0n) is 9.11. The van der Waals surface area contributed by atoms with Crippen molar-refractivity contribution in [2.45, 2.75) is 6.67 Å². The van der Waals surface area contributed by atoms with E-state index >= 15 is 0 Å². The number of rotatable bonds is 3. The third-order valence-corrected chi connectivity index (χ3v) is 2.41. The normalized spacial score (nSPS) is 10.4. The van der Waals surface area contributed by atoms with Gasteiger partial charge < -0.3 is 5.32 Å². The van der Waals surface area contributed by atoms with Gasteiger partial charge in [-0.25, -0.2) is 9.31 Å². The van der Waals surface area contributed by atoms with Crippen molar-refractivity contribution in [3.8, 4) is 6.07 Å². The van der Waals surface area contributed by atoms with E-state index in [0.717, 1.165) is 11.0 Å². The average Bonchev–Trinajstić information content (AvgIpc) is 3.02. The van der Waals surface area contributed by atoms with Crippen molar-refractivity contribution in [3.05, 3.63) is 30.0 Å². The number of benzene rings is 1. The van der Waals surface area contributed by atoms with Crippen LogP contribution in [0.3, 0.4) is 0 Å². The second-order valence-electron chi connectivity index (χ2n) is 3.49. The summed E-state index contributed by atoms with van der Waals surface area (Å²) in [5.41, 5.74) is 1.80. The second-order valence-corrected chi connectivity index (χ2v) is 3.49. The standard InChI is InChI=1S/C10H7N7O/c11-5-8-10(15-18-14-8)12-6-17-9-4-2-1-3-7(9)13-16-17/h1-4H,6H2,(H,12,15). The van der Waals surface area contributed by atoms with E-state index in [-0.39, 0.29) is 11.5 Å². The van der Waals surface area contributed by atoms with Crippen molar-refractivity contribution >= 4 is 16.9 Å². The first kappa shape index (κ1) is 10.2. The Morgan fingerprint density at radius 3 is 3.11 bits per heavy atom. The van der Waals surface area contributed by atoms with Gasteiger partial charge in [-0.1, -0.05) is 17.3 Å². The Morgan fingerprint density at radius 1 is 1.33 bits per heavy atom. The fourth-order valence-corrected chi connectivity index (χ4v) is 1.56. The lowest BCUT2D eigenvalue weighted by molar-refractivity contribution is 0.307. The molecule has 0 saturated heterocycles. The van der Waals surface area contributed by atoms with E-state index in [9.17, 15) is 0 Å². The van der Waals surface area contributed by atoms with Gasteiger partial charge in [0, 0.05) is 0 Å². The molecule has 2 heterocycles. The average molecular weight is 241 g/mol. The monoisotopic (exact) mass is 241 g/mol. The Labute approximate surface area is 101 Å². The van der Waals surface area contributed by atoms with E-state index in [2.05, 4.69) is 30.6 Å². The molecule has 1 aromatic carbocycles. The molecule has 0 aliphatic rings. The van der Waals surface area contributed by atoms with Gasteiger partial charge in [-0.15, -0.1) is 5.10 Å². The third-order valence-electron chi connectivity index (χ3n) is 2.41. The van der Waals surface area contributed by atoms with E-state index < -0.39 is 0 Å². The van der Waals surface area contributed by atoms with Crippen molar-refractivity contribution in [2.75, 3.05) is 5.32 Å². The molecular weight excluding hydrogens is 234 g/mol. The fraction of sp³-hybridized carbons (Fsp3) is 0.100. The summed E-state index contributed by atoms with van der Waals surface area (Å²) >= 11 is 0. The summed E-state index contributed by atoms with van der Waals surface area (Å²) in [6, 6.07) is 9.44. The van der Waals surface area contributed by atoms with Crippen LogP contribution < -0.4 is 5.32 Å². The van der Waals surface area contributed by atoms with Gasteiger partial charge in [0.25, 0.3) is 0 Å². The molecule has 3 aromatic rings. The Morgan fingerprint density at radius 2 is 2.22 bits per heavy atom. The molecule has 8 nitrogen and oxygen atoms in total. The third kappa shape index (κ3) is 1.63. The maximum Gasteiger partial charge on any atom is 0.228 e. The van der Waals surface area contributed by atoms with Gasteiger partial charge in [-0.3, -0.25) is 0 Å². The number of hydrogen-bond acceptors (Lipinski definition) is 7. The minimum atomic E-state index is 0.111. The SMILES string of the molecule is N#Cc1nonc1NCn1nnc2ccccc21. The first-order chi connectivity index (χ1) is 8.88. The molecule has 18 heavy (non-hydrogen) atoms. The zero-order valence-corrected chi connectivity index (χ0v) is 9.11. The quantitative estimate of drug-likeness (QED) is 0.721. The molecular formula is C10H7N7O. The van der Waals surface area contributed by atoms with Crippen LogP contribution >= 0.6 is 0 Å². The summed E-state index contributed by atoms with van der Waals surface area (Å²) in [4.78, 5) is 0. The fourth-order valence-electron chi connectivity index (χ4n) is 1.56.